The predicted molar refractivity (Wildman–Crippen MR) is 90.4 cm³/mol. The van der Waals surface area contributed by atoms with E-state index in [1.165, 1.54) is 0 Å². The van der Waals surface area contributed by atoms with Gasteiger partial charge in [0.2, 0.25) is 0 Å². The Morgan fingerprint density at radius 1 is 1.10 bits per heavy atom. The first-order chi connectivity index (χ1) is 9.82. The van der Waals surface area contributed by atoms with Gasteiger partial charge in [-0.05, 0) is 43.2 Å². The number of benzene rings is 1. The highest BCUT2D eigenvalue weighted by Gasteiger charge is 2.19. The number of para-hydroxylation sites is 1. The molecule has 0 aliphatic heterocycles. The van der Waals surface area contributed by atoms with Gasteiger partial charge in [-0.1, -0.05) is 39.8 Å². The quantitative estimate of drug-likeness (QED) is 0.768. The lowest BCUT2D eigenvalue weighted by atomic mass is 10.0. The van der Waals surface area contributed by atoms with Gasteiger partial charge in [-0.3, -0.25) is 4.79 Å². The molecule has 0 aliphatic carbocycles. The maximum atomic E-state index is 12.8. The molecule has 1 aromatic carbocycles. The number of nitrogen functional groups attached to an aromatic ring is 1. The number of aryl methyl sites for hydroxylation is 1. The van der Waals surface area contributed by atoms with Crippen LogP contribution in [0.2, 0.25) is 0 Å². The summed E-state index contributed by atoms with van der Waals surface area (Å²) in [5, 5.41) is 0. The Labute approximate surface area is 129 Å². The normalized spacial score (nSPS) is 11.2. The van der Waals surface area contributed by atoms with E-state index in [9.17, 15) is 4.79 Å². The van der Waals surface area contributed by atoms with Gasteiger partial charge in [-0.2, -0.15) is 0 Å². The molecule has 0 unspecified atom stereocenters. The van der Waals surface area contributed by atoms with E-state index in [1.54, 1.807) is 0 Å². The number of amides is 1. The van der Waals surface area contributed by atoms with Gasteiger partial charge >= 0.3 is 0 Å². The smallest absolute Gasteiger partial charge is 0.255 e. The van der Waals surface area contributed by atoms with E-state index in [4.69, 9.17) is 5.73 Å². The molecule has 1 amide bonds. The van der Waals surface area contributed by atoms with Crippen LogP contribution in [0.5, 0.6) is 0 Å². The number of nitrogens with two attached hydrogens (primary N) is 1. The average Bonchev–Trinajstić information content (AvgIpc) is 2.40. The summed E-state index contributed by atoms with van der Waals surface area (Å²) in [5.74, 6) is 1.25. The first-order valence-corrected chi connectivity index (χ1v) is 7.97. The lowest BCUT2D eigenvalue weighted by Gasteiger charge is -2.25. The minimum Gasteiger partial charge on any atom is -0.398 e. The fraction of sp³-hybridized carbons (Fsp3) is 0.611. The number of hydrogen-bond donors (Lipinski definition) is 1. The molecule has 0 aliphatic rings. The van der Waals surface area contributed by atoms with Crippen LogP contribution in [0.4, 0.5) is 5.69 Å². The fourth-order valence-electron chi connectivity index (χ4n) is 2.18. The Balaban J connectivity index is 2.89. The second-order valence-electron chi connectivity index (χ2n) is 6.69. The van der Waals surface area contributed by atoms with E-state index in [-0.39, 0.29) is 5.91 Å². The molecule has 0 atom stereocenters. The fourth-order valence-corrected chi connectivity index (χ4v) is 2.18. The third-order valence-electron chi connectivity index (χ3n) is 3.79. The van der Waals surface area contributed by atoms with E-state index in [0.29, 0.717) is 23.1 Å². The van der Waals surface area contributed by atoms with Crippen LogP contribution in [-0.4, -0.2) is 23.9 Å². The highest BCUT2D eigenvalue weighted by Crippen LogP contribution is 2.19. The second-order valence-corrected chi connectivity index (χ2v) is 6.69. The number of hydrogen-bond acceptors (Lipinski definition) is 2. The zero-order valence-electron chi connectivity index (χ0n) is 14.1. The molecule has 0 fully saturated rings. The molecule has 0 saturated carbocycles. The Bertz CT molecular complexity index is 454. The van der Waals surface area contributed by atoms with Gasteiger partial charge < -0.3 is 10.6 Å². The van der Waals surface area contributed by atoms with Crippen LogP contribution in [-0.2, 0) is 0 Å². The van der Waals surface area contributed by atoms with Crippen molar-refractivity contribution in [3.63, 3.8) is 0 Å². The molecule has 0 radical (unpaired) electrons. The molecule has 0 saturated heterocycles. The van der Waals surface area contributed by atoms with Crippen LogP contribution in [0, 0.1) is 18.8 Å². The third kappa shape index (κ3) is 5.41. The molecule has 3 heteroatoms. The summed E-state index contributed by atoms with van der Waals surface area (Å²) in [4.78, 5) is 14.8. The van der Waals surface area contributed by atoms with Crippen LogP contribution in [0.25, 0.3) is 0 Å². The predicted octanol–water partition coefficient (Wildman–Crippen LogP) is 4.11. The molecular weight excluding hydrogens is 260 g/mol. The van der Waals surface area contributed by atoms with Gasteiger partial charge in [-0.15, -0.1) is 0 Å². The van der Waals surface area contributed by atoms with Crippen molar-refractivity contribution in [2.45, 2.75) is 47.5 Å². The molecule has 118 valence electrons. The number of carbonyl (C=O) groups excluding carboxylic acids is 1. The van der Waals surface area contributed by atoms with Crippen molar-refractivity contribution in [3.8, 4) is 0 Å². The topological polar surface area (TPSA) is 46.3 Å². The first-order valence-electron chi connectivity index (χ1n) is 7.97. The molecule has 3 nitrogen and oxygen atoms in total. The number of nitrogens with zero attached hydrogens (tertiary/aromatic N) is 1. The number of rotatable bonds is 7. The van der Waals surface area contributed by atoms with E-state index in [1.807, 2.05) is 30.0 Å². The molecule has 1 rings (SSSR count). The van der Waals surface area contributed by atoms with Crippen LogP contribution in [0.15, 0.2) is 18.2 Å². The van der Waals surface area contributed by atoms with E-state index in [2.05, 4.69) is 27.7 Å². The largest absolute Gasteiger partial charge is 0.398 e. The Hall–Kier alpha value is -1.51. The molecule has 21 heavy (non-hydrogen) atoms. The zero-order chi connectivity index (χ0) is 16.0. The summed E-state index contributed by atoms with van der Waals surface area (Å²) in [6.45, 7) is 12.3. The average molecular weight is 290 g/mol. The van der Waals surface area contributed by atoms with Gasteiger partial charge in [0.15, 0.2) is 0 Å². The van der Waals surface area contributed by atoms with Crippen LogP contribution in [0.1, 0.15) is 56.5 Å². The summed E-state index contributed by atoms with van der Waals surface area (Å²) >= 11 is 0. The number of anilines is 1. The van der Waals surface area contributed by atoms with Crippen molar-refractivity contribution in [2.24, 2.45) is 11.8 Å². The Morgan fingerprint density at radius 2 is 1.62 bits per heavy atom. The van der Waals surface area contributed by atoms with Crippen LogP contribution >= 0.6 is 0 Å². The summed E-state index contributed by atoms with van der Waals surface area (Å²) in [6, 6.07) is 5.68. The molecule has 2 N–H and O–H groups in total. The van der Waals surface area contributed by atoms with Crippen molar-refractivity contribution >= 4 is 11.6 Å². The summed E-state index contributed by atoms with van der Waals surface area (Å²) in [5.41, 5.74) is 8.31. The van der Waals surface area contributed by atoms with Gasteiger partial charge in [0.1, 0.15) is 0 Å². The lowest BCUT2D eigenvalue weighted by Crippen LogP contribution is -2.34. The first kappa shape index (κ1) is 17.5. The number of carbonyl (C=O) groups is 1. The molecular formula is C18H30N2O. The van der Waals surface area contributed by atoms with E-state index >= 15 is 0 Å². The van der Waals surface area contributed by atoms with E-state index in [0.717, 1.165) is 31.5 Å². The van der Waals surface area contributed by atoms with Crippen LogP contribution in [0.3, 0.4) is 0 Å². The molecule has 0 bridgehead atoms. The van der Waals surface area contributed by atoms with Gasteiger partial charge in [0, 0.05) is 18.8 Å². The highest BCUT2D eigenvalue weighted by molar-refractivity contribution is 5.99. The minimum atomic E-state index is 0.0671. The molecule has 0 aromatic heterocycles. The maximum absolute atomic E-state index is 12.8. The maximum Gasteiger partial charge on any atom is 0.255 e. The summed E-state index contributed by atoms with van der Waals surface area (Å²) < 4.78 is 0. The Kier molecular flexibility index (Phi) is 6.73. The molecule has 0 heterocycles. The summed E-state index contributed by atoms with van der Waals surface area (Å²) in [7, 11) is 0. The van der Waals surface area contributed by atoms with Crippen molar-refractivity contribution in [1.29, 1.82) is 0 Å². The standard InChI is InChI=1S/C18H30N2O/c1-13(2)9-11-20(12-10-14(3)4)18(21)16-8-6-7-15(5)17(16)19/h6-8,13-14H,9-12,19H2,1-5H3. The summed E-state index contributed by atoms with van der Waals surface area (Å²) in [6.07, 6.45) is 2.05. The Morgan fingerprint density at radius 3 is 2.10 bits per heavy atom. The van der Waals surface area contributed by atoms with Crippen molar-refractivity contribution in [2.75, 3.05) is 18.8 Å². The zero-order valence-corrected chi connectivity index (χ0v) is 14.1. The van der Waals surface area contributed by atoms with Gasteiger partial charge in [0.25, 0.3) is 5.91 Å². The van der Waals surface area contributed by atoms with Crippen molar-refractivity contribution in [3.05, 3.63) is 29.3 Å². The van der Waals surface area contributed by atoms with E-state index < -0.39 is 0 Å². The molecule has 1 aromatic rings. The highest BCUT2D eigenvalue weighted by atomic mass is 16.2. The van der Waals surface area contributed by atoms with Gasteiger partial charge in [-0.25, -0.2) is 0 Å². The monoisotopic (exact) mass is 290 g/mol. The third-order valence-corrected chi connectivity index (χ3v) is 3.79. The minimum absolute atomic E-state index is 0.0671. The second kappa shape index (κ2) is 8.06. The molecule has 0 spiro atoms. The lowest BCUT2D eigenvalue weighted by molar-refractivity contribution is 0.0742. The SMILES string of the molecule is Cc1cccc(C(=O)N(CCC(C)C)CCC(C)C)c1N. The van der Waals surface area contributed by atoms with Gasteiger partial charge in [0.05, 0.1) is 5.56 Å². The van der Waals surface area contributed by atoms with Crippen molar-refractivity contribution < 1.29 is 4.79 Å². The van der Waals surface area contributed by atoms with Crippen LogP contribution < -0.4 is 5.73 Å². The van der Waals surface area contributed by atoms with Crippen molar-refractivity contribution in [1.82, 2.24) is 4.90 Å².